The minimum atomic E-state index is 0. The van der Waals surface area contributed by atoms with Gasteiger partial charge in [-0.1, -0.05) is 40.2 Å². The molecular weight excluding hydrogens is 303 g/mol. The molecule has 0 aliphatic heterocycles. The van der Waals surface area contributed by atoms with Crippen LogP contribution in [0.3, 0.4) is 0 Å². The summed E-state index contributed by atoms with van der Waals surface area (Å²) in [6.45, 7) is 18.3. The van der Waals surface area contributed by atoms with E-state index < -0.39 is 0 Å². The normalized spacial score (nSPS) is 9.29. The minimum absolute atomic E-state index is 0. The summed E-state index contributed by atoms with van der Waals surface area (Å²) in [4.78, 5) is 0. The number of rotatable bonds is 2. The van der Waals surface area contributed by atoms with Gasteiger partial charge in [-0.2, -0.15) is 0 Å². The third-order valence-corrected chi connectivity index (χ3v) is 1.18. The maximum atomic E-state index is 8.40. The zero-order chi connectivity index (χ0) is 13.8. The molecule has 3 heteroatoms. The van der Waals surface area contributed by atoms with Crippen molar-refractivity contribution in [2.45, 2.75) is 54.9 Å². The van der Waals surface area contributed by atoms with Crippen LogP contribution >= 0.6 is 0 Å². The fourth-order valence-electron chi connectivity index (χ4n) is 0.258. The summed E-state index contributed by atoms with van der Waals surface area (Å²) in [6.07, 6.45) is 0.931. The van der Waals surface area contributed by atoms with Crippen LogP contribution < -0.4 is 0 Å². The van der Waals surface area contributed by atoms with Gasteiger partial charge in [0.05, 0.1) is 0 Å². The van der Waals surface area contributed by atoms with Crippen molar-refractivity contribution in [1.29, 1.82) is 0 Å². The second kappa shape index (κ2) is 16.3. The van der Waals surface area contributed by atoms with E-state index in [-0.39, 0.29) is 31.5 Å². The number of aliphatic hydroxyl groups is 2. The molecular formula is C14H32O2Rh. The Kier molecular flexibility index (Phi) is 24.9. The van der Waals surface area contributed by atoms with Crippen molar-refractivity contribution in [1.82, 2.24) is 0 Å². The molecule has 0 aromatic carbocycles. The van der Waals surface area contributed by atoms with Crippen LogP contribution in [0.1, 0.15) is 54.9 Å². The number of hydrogen-bond acceptors (Lipinski definition) is 2. The molecule has 0 aliphatic rings. The van der Waals surface area contributed by atoms with Crippen molar-refractivity contribution in [3.63, 3.8) is 0 Å². The van der Waals surface area contributed by atoms with Crippen LogP contribution in [0.2, 0.25) is 0 Å². The summed E-state index contributed by atoms with van der Waals surface area (Å²) in [5.41, 5.74) is 1.26. The number of allylic oxidation sites excluding steroid dienone is 1. The Hall–Kier alpha value is 0.283. The molecule has 109 valence electrons. The molecule has 0 saturated carbocycles. The predicted molar refractivity (Wildman–Crippen MR) is 73.6 cm³/mol. The summed E-state index contributed by atoms with van der Waals surface area (Å²) in [6, 6.07) is 0. The Morgan fingerprint density at radius 3 is 1.35 bits per heavy atom. The van der Waals surface area contributed by atoms with E-state index in [9.17, 15) is 0 Å². The summed E-state index contributed by atoms with van der Waals surface area (Å²) in [7, 11) is 0. The maximum absolute atomic E-state index is 8.40. The zero-order valence-corrected chi connectivity index (χ0v) is 14.3. The Labute approximate surface area is 121 Å². The second-order valence-corrected chi connectivity index (χ2v) is 5.83. The molecule has 0 saturated heterocycles. The molecule has 0 aliphatic carbocycles. The number of aliphatic hydroxyl groups excluding tert-OH is 2. The van der Waals surface area contributed by atoms with Gasteiger partial charge in [0, 0.05) is 32.7 Å². The van der Waals surface area contributed by atoms with E-state index in [1.54, 1.807) is 0 Å². The summed E-state index contributed by atoms with van der Waals surface area (Å²) in [5, 5.41) is 16.6. The van der Waals surface area contributed by atoms with Gasteiger partial charge in [0.15, 0.2) is 0 Å². The van der Waals surface area contributed by atoms with Crippen molar-refractivity contribution >= 4 is 0 Å². The van der Waals surface area contributed by atoms with Gasteiger partial charge in [-0.05, 0) is 31.6 Å². The first-order valence-electron chi connectivity index (χ1n) is 5.90. The molecule has 0 aromatic rings. The number of hydrogen-bond donors (Lipinski definition) is 2. The van der Waals surface area contributed by atoms with Crippen LogP contribution in [0.4, 0.5) is 0 Å². The smallest absolute Gasteiger partial charge is 0.0479 e. The first-order valence-corrected chi connectivity index (χ1v) is 5.90. The van der Waals surface area contributed by atoms with Crippen molar-refractivity contribution in [2.24, 2.45) is 11.3 Å². The van der Waals surface area contributed by atoms with Gasteiger partial charge in [0.25, 0.3) is 0 Å². The Morgan fingerprint density at radius 1 is 1.12 bits per heavy atom. The van der Waals surface area contributed by atoms with Gasteiger partial charge in [-0.15, -0.1) is 6.58 Å². The van der Waals surface area contributed by atoms with Crippen LogP contribution in [0.15, 0.2) is 12.2 Å². The van der Waals surface area contributed by atoms with E-state index in [4.69, 9.17) is 10.2 Å². The van der Waals surface area contributed by atoms with Gasteiger partial charge < -0.3 is 10.2 Å². The topological polar surface area (TPSA) is 40.5 Å². The van der Waals surface area contributed by atoms with Crippen LogP contribution in [-0.2, 0) is 19.5 Å². The van der Waals surface area contributed by atoms with Gasteiger partial charge in [-0.3, -0.25) is 0 Å². The van der Waals surface area contributed by atoms with Crippen molar-refractivity contribution < 1.29 is 29.7 Å². The predicted octanol–water partition coefficient (Wildman–Crippen LogP) is 3.63. The second-order valence-electron chi connectivity index (χ2n) is 5.83. The fraction of sp³-hybridized carbons (Fsp3) is 0.857. The van der Waals surface area contributed by atoms with Crippen LogP contribution in [0.5, 0.6) is 0 Å². The van der Waals surface area contributed by atoms with Crippen LogP contribution in [0.25, 0.3) is 0 Å². The molecule has 0 unspecified atom stereocenters. The summed E-state index contributed by atoms with van der Waals surface area (Å²) in [5.74, 6) is 0.648. The van der Waals surface area contributed by atoms with Gasteiger partial charge in [0.2, 0.25) is 0 Å². The maximum Gasteiger partial charge on any atom is 0.0479 e. The minimum Gasteiger partial charge on any atom is -0.396 e. The average Bonchev–Trinajstić information content (AvgIpc) is 2.02. The molecule has 0 spiro atoms. The summed E-state index contributed by atoms with van der Waals surface area (Å²) < 4.78 is 0. The fourth-order valence-corrected chi connectivity index (χ4v) is 0.258. The Balaban J connectivity index is -0.0000000741. The molecule has 0 fully saturated rings. The first-order chi connectivity index (χ1) is 7.06. The Morgan fingerprint density at radius 2 is 1.35 bits per heavy atom. The molecule has 0 aromatic heterocycles. The first kappa shape index (κ1) is 26.0. The third kappa shape index (κ3) is 84.1. The van der Waals surface area contributed by atoms with Crippen molar-refractivity contribution in [2.75, 3.05) is 13.2 Å². The zero-order valence-electron chi connectivity index (χ0n) is 12.6. The van der Waals surface area contributed by atoms with E-state index in [1.165, 1.54) is 5.57 Å². The van der Waals surface area contributed by atoms with Gasteiger partial charge >= 0.3 is 0 Å². The molecule has 0 bridgehead atoms. The van der Waals surface area contributed by atoms with Crippen LogP contribution in [-0.4, -0.2) is 23.4 Å². The van der Waals surface area contributed by atoms with E-state index in [2.05, 4.69) is 20.4 Å². The standard InChI is InChI=1S/2C5H12O.C4H8.Rh/c1-5(2,3)4-6;1-5(2)3-4-6;1-4(2)3;/h6H,4H2,1-3H3;5-6H,3-4H2,1-2H3;1H2,2-3H3;. The van der Waals surface area contributed by atoms with Crippen LogP contribution in [0, 0.1) is 11.3 Å². The molecule has 0 atom stereocenters. The molecule has 1 radical (unpaired) electrons. The Bertz CT molecular complexity index is 145. The van der Waals surface area contributed by atoms with Crippen molar-refractivity contribution in [3.05, 3.63) is 12.2 Å². The monoisotopic (exact) mass is 335 g/mol. The molecule has 0 amide bonds. The van der Waals surface area contributed by atoms with E-state index in [1.807, 2.05) is 34.6 Å². The van der Waals surface area contributed by atoms with Gasteiger partial charge in [-0.25, -0.2) is 0 Å². The quantitative estimate of drug-likeness (QED) is 0.598. The molecule has 2 N–H and O–H groups in total. The molecule has 0 heterocycles. The molecule has 0 rings (SSSR count). The summed E-state index contributed by atoms with van der Waals surface area (Å²) >= 11 is 0. The van der Waals surface area contributed by atoms with E-state index >= 15 is 0 Å². The SMILES string of the molecule is C=C(C)C.CC(C)(C)CO.CC(C)CCO.[Rh]. The van der Waals surface area contributed by atoms with Gasteiger partial charge in [0.1, 0.15) is 0 Å². The van der Waals surface area contributed by atoms with E-state index in [0.717, 1.165) is 6.42 Å². The molecule has 17 heavy (non-hydrogen) atoms. The average molecular weight is 335 g/mol. The van der Waals surface area contributed by atoms with E-state index in [0.29, 0.717) is 12.5 Å². The third-order valence-electron chi connectivity index (χ3n) is 1.18. The largest absolute Gasteiger partial charge is 0.396 e. The molecule has 2 nitrogen and oxygen atoms in total. The van der Waals surface area contributed by atoms with Crippen molar-refractivity contribution in [3.8, 4) is 0 Å².